The molecule has 0 radical (unpaired) electrons. The SMILES string of the molecule is O=C(Cc1ccc(NC(=O)Cc2ccc(-c3ccccc3)cc2)cc1)NCc1cccs1. The second-order valence-electron chi connectivity index (χ2n) is 7.52. The van der Waals surface area contributed by atoms with Gasteiger partial charge in [-0.15, -0.1) is 11.3 Å². The molecule has 0 aliphatic rings. The van der Waals surface area contributed by atoms with Crippen molar-refractivity contribution in [2.24, 2.45) is 0 Å². The van der Waals surface area contributed by atoms with Gasteiger partial charge >= 0.3 is 0 Å². The molecule has 0 unspecified atom stereocenters. The summed E-state index contributed by atoms with van der Waals surface area (Å²) in [7, 11) is 0. The van der Waals surface area contributed by atoms with E-state index in [0.717, 1.165) is 32.8 Å². The zero-order valence-corrected chi connectivity index (χ0v) is 18.4. The standard InChI is InChI=1S/C27H24N2O2S/c30-26(28-19-25-7-4-16-32-25)17-21-10-14-24(15-11-21)29-27(31)18-20-8-12-23(13-9-20)22-5-2-1-3-6-22/h1-16H,17-19H2,(H,28,30)(H,29,31). The number of carbonyl (C=O) groups is 2. The highest BCUT2D eigenvalue weighted by Crippen LogP contribution is 2.19. The van der Waals surface area contributed by atoms with Gasteiger partial charge in [-0.2, -0.15) is 0 Å². The number of amides is 2. The highest BCUT2D eigenvalue weighted by atomic mass is 32.1. The lowest BCUT2D eigenvalue weighted by Crippen LogP contribution is -2.24. The van der Waals surface area contributed by atoms with Gasteiger partial charge in [0, 0.05) is 10.6 Å². The average molecular weight is 441 g/mol. The first-order valence-corrected chi connectivity index (χ1v) is 11.4. The van der Waals surface area contributed by atoms with E-state index in [2.05, 4.69) is 22.8 Å². The second kappa shape index (κ2) is 10.6. The monoisotopic (exact) mass is 440 g/mol. The van der Waals surface area contributed by atoms with Crippen molar-refractivity contribution >= 4 is 28.8 Å². The topological polar surface area (TPSA) is 58.2 Å². The first-order valence-electron chi connectivity index (χ1n) is 10.5. The number of rotatable bonds is 8. The van der Waals surface area contributed by atoms with Gasteiger partial charge in [-0.05, 0) is 45.8 Å². The third-order valence-electron chi connectivity index (χ3n) is 5.07. The minimum absolute atomic E-state index is 0.0193. The van der Waals surface area contributed by atoms with Gasteiger partial charge in [0.15, 0.2) is 0 Å². The van der Waals surface area contributed by atoms with Crippen molar-refractivity contribution in [2.75, 3.05) is 5.32 Å². The van der Waals surface area contributed by atoms with Crippen LogP contribution in [-0.2, 0) is 29.0 Å². The maximum atomic E-state index is 12.4. The quantitative estimate of drug-likeness (QED) is 0.382. The van der Waals surface area contributed by atoms with Crippen LogP contribution in [0.4, 0.5) is 5.69 Å². The molecule has 4 nitrogen and oxygen atoms in total. The molecule has 0 atom stereocenters. The number of hydrogen-bond acceptors (Lipinski definition) is 3. The number of hydrogen-bond donors (Lipinski definition) is 2. The molecule has 0 saturated carbocycles. The number of thiophene rings is 1. The first-order chi connectivity index (χ1) is 15.7. The molecule has 4 aromatic rings. The van der Waals surface area contributed by atoms with Crippen LogP contribution in [0.25, 0.3) is 11.1 Å². The summed E-state index contributed by atoms with van der Waals surface area (Å²) in [5.74, 6) is -0.0898. The van der Waals surface area contributed by atoms with Gasteiger partial charge in [-0.1, -0.05) is 72.8 Å². The molecule has 2 amide bonds. The van der Waals surface area contributed by atoms with Crippen LogP contribution in [0.3, 0.4) is 0 Å². The summed E-state index contributed by atoms with van der Waals surface area (Å²) in [5.41, 5.74) is 4.87. The lowest BCUT2D eigenvalue weighted by Gasteiger charge is -2.08. The highest BCUT2D eigenvalue weighted by Gasteiger charge is 2.07. The Morgan fingerprint density at radius 2 is 1.28 bits per heavy atom. The summed E-state index contributed by atoms with van der Waals surface area (Å²) in [5, 5.41) is 7.84. The van der Waals surface area contributed by atoms with E-state index in [4.69, 9.17) is 0 Å². The van der Waals surface area contributed by atoms with Crippen molar-refractivity contribution in [1.29, 1.82) is 0 Å². The first kappa shape index (κ1) is 21.5. The highest BCUT2D eigenvalue weighted by molar-refractivity contribution is 7.09. The zero-order chi connectivity index (χ0) is 22.2. The maximum absolute atomic E-state index is 12.4. The van der Waals surface area contributed by atoms with Crippen molar-refractivity contribution in [3.05, 3.63) is 112 Å². The maximum Gasteiger partial charge on any atom is 0.228 e. The molecule has 0 saturated heterocycles. The third kappa shape index (κ3) is 6.15. The molecule has 160 valence electrons. The third-order valence-corrected chi connectivity index (χ3v) is 5.94. The Morgan fingerprint density at radius 3 is 1.94 bits per heavy atom. The molecule has 4 rings (SSSR count). The molecule has 1 aromatic heterocycles. The Kier molecular flexibility index (Phi) is 7.10. The predicted molar refractivity (Wildman–Crippen MR) is 131 cm³/mol. The van der Waals surface area contributed by atoms with Crippen LogP contribution in [0, 0.1) is 0 Å². The summed E-state index contributed by atoms with van der Waals surface area (Å²) in [6.07, 6.45) is 0.620. The van der Waals surface area contributed by atoms with Crippen LogP contribution in [0.2, 0.25) is 0 Å². The zero-order valence-electron chi connectivity index (χ0n) is 17.6. The Morgan fingerprint density at radius 1 is 0.656 bits per heavy atom. The van der Waals surface area contributed by atoms with Gasteiger partial charge in [-0.3, -0.25) is 9.59 Å². The molecule has 0 spiro atoms. The van der Waals surface area contributed by atoms with Crippen LogP contribution in [0.5, 0.6) is 0 Å². The van der Waals surface area contributed by atoms with Crippen molar-refractivity contribution in [3.8, 4) is 11.1 Å². The summed E-state index contributed by atoms with van der Waals surface area (Å²) in [6, 6.07) is 29.6. The van der Waals surface area contributed by atoms with Gasteiger partial charge in [0.05, 0.1) is 19.4 Å². The summed E-state index contributed by atoms with van der Waals surface area (Å²) in [6.45, 7) is 0.553. The molecular weight excluding hydrogens is 416 g/mol. The van der Waals surface area contributed by atoms with Crippen LogP contribution >= 0.6 is 11.3 Å². The van der Waals surface area contributed by atoms with Crippen LogP contribution in [0.15, 0.2) is 96.4 Å². The largest absolute Gasteiger partial charge is 0.351 e. The molecule has 5 heteroatoms. The van der Waals surface area contributed by atoms with Gasteiger partial charge in [0.25, 0.3) is 0 Å². The lowest BCUT2D eigenvalue weighted by molar-refractivity contribution is -0.120. The van der Waals surface area contributed by atoms with Crippen molar-refractivity contribution in [2.45, 2.75) is 19.4 Å². The van der Waals surface area contributed by atoms with Gasteiger partial charge in [0.2, 0.25) is 11.8 Å². The molecule has 0 bridgehead atoms. The second-order valence-corrected chi connectivity index (χ2v) is 8.55. The number of carbonyl (C=O) groups excluding carboxylic acids is 2. The van der Waals surface area contributed by atoms with E-state index in [1.54, 1.807) is 11.3 Å². The number of anilines is 1. The van der Waals surface area contributed by atoms with E-state index >= 15 is 0 Å². The van der Waals surface area contributed by atoms with Gasteiger partial charge in [0.1, 0.15) is 0 Å². The molecule has 3 aromatic carbocycles. The molecule has 0 fully saturated rings. The van der Waals surface area contributed by atoms with E-state index in [0.29, 0.717) is 19.4 Å². The molecule has 2 N–H and O–H groups in total. The Balaban J connectivity index is 1.26. The minimum atomic E-state index is -0.0705. The van der Waals surface area contributed by atoms with E-state index < -0.39 is 0 Å². The van der Waals surface area contributed by atoms with Crippen molar-refractivity contribution in [3.63, 3.8) is 0 Å². The van der Waals surface area contributed by atoms with E-state index in [1.165, 1.54) is 0 Å². The minimum Gasteiger partial charge on any atom is -0.351 e. The normalized spacial score (nSPS) is 10.5. The summed E-state index contributed by atoms with van der Waals surface area (Å²) < 4.78 is 0. The molecule has 0 aliphatic heterocycles. The fourth-order valence-electron chi connectivity index (χ4n) is 3.39. The summed E-state index contributed by atoms with van der Waals surface area (Å²) >= 11 is 1.62. The average Bonchev–Trinajstić information content (AvgIpc) is 3.34. The van der Waals surface area contributed by atoms with Crippen LogP contribution in [0.1, 0.15) is 16.0 Å². The van der Waals surface area contributed by atoms with Crippen LogP contribution < -0.4 is 10.6 Å². The smallest absolute Gasteiger partial charge is 0.228 e. The summed E-state index contributed by atoms with van der Waals surface area (Å²) in [4.78, 5) is 25.7. The fraction of sp³-hybridized carbons (Fsp3) is 0.111. The number of benzene rings is 3. The molecule has 0 aliphatic carbocycles. The van der Waals surface area contributed by atoms with Crippen molar-refractivity contribution in [1.82, 2.24) is 5.32 Å². The molecular formula is C27H24N2O2S. The predicted octanol–water partition coefficient (Wildman–Crippen LogP) is 5.46. The number of nitrogens with one attached hydrogen (secondary N) is 2. The Hall–Kier alpha value is -3.70. The van der Waals surface area contributed by atoms with E-state index in [-0.39, 0.29) is 11.8 Å². The lowest BCUT2D eigenvalue weighted by atomic mass is 10.0. The Bertz CT molecular complexity index is 1150. The van der Waals surface area contributed by atoms with E-state index in [1.807, 2.05) is 84.2 Å². The molecule has 32 heavy (non-hydrogen) atoms. The Labute approximate surface area is 191 Å². The fourth-order valence-corrected chi connectivity index (χ4v) is 4.03. The van der Waals surface area contributed by atoms with Crippen LogP contribution in [-0.4, -0.2) is 11.8 Å². The van der Waals surface area contributed by atoms with E-state index in [9.17, 15) is 9.59 Å². The van der Waals surface area contributed by atoms with Gasteiger partial charge < -0.3 is 10.6 Å². The van der Waals surface area contributed by atoms with Crippen molar-refractivity contribution < 1.29 is 9.59 Å². The van der Waals surface area contributed by atoms with Gasteiger partial charge in [-0.25, -0.2) is 0 Å². The molecule has 1 heterocycles.